The molecule has 144 valence electrons. The molecule has 0 saturated heterocycles. The van der Waals surface area contributed by atoms with Gasteiger partial charge in [-0.3, -0.25) is 4.99 Å². The highest BCUT2D eigenvalue weighted by Gasteiger charge is 2.19. The van der Waals surface area contributed by atoms with Gasteiger partial charge >= 0.3 is 0 Å². The van der Waals surface area contributed by atoms with Crippen LogP contribution in [0.3, 0.4) is 0 Å². The van der Waals surface area contributed by atoms with Gasteiger partial charge in [-0.15, -0.1) is 24.0 Å². The van der Waals surface area contributed by atoms with Crippen molar-refractivity contribution in [3.05, 3.63) is 52.7 Å². The first kappa shape index (κ1) is 22.5. The summed E-state index contributed by atoms with van der Waals surface area (Å²) in [5.41, 5.74) is 3.96. The SMILES string of the molecule is CN=C(NCCc1ccc(C)cc1C)NCc1ncc(C(C)(C)C)o1.I. The highest BCUT2D eigenvalue weighted by Crippen LogP contribution is 2.22. The van der Waals surface area contributed by atoms with Gasteiger partial charge in [0.1, 0.15) is 5.76 Å². The number of oxazole rings is 1. The van der Waals surface area contributed by atoms with Crippen LogP contribution in [0.15, 0.2) is 33.8 Å². The molecule has 0 bridgehead atoms. The van der Waals surface area contributed by atoms with Gasteiger partial charge < -0.3 is 15.1 Å². The molecule has 0 aliphatic heterocycles. The summed E-state index contributed by atoms with van der Waals surface area (Å²) in [6.07, 6.45) is 2.76. The maximum atomic E-state index is 5.79. The fraction of sp³-hybridized carbons (Fsp3) is 0.500. The minimum absolute atomic E-state index is 0. The van der Waals surface area contributed by atoms with Crippen molar-refractivity contribution in [1.29, 1.82) is 0 Å². The van der Waals surface area contributed by atoms with Gasteiger partial charge in [-0.2, -0.15) is 0 Å². The molecule has 1 aromatic carbocycles. The zero-order valence-electron chi connectivity index (χ0n) is 16.6. The molecule has 1 heterocycles. The fourth-order valence-corrected chi connectivity index (χ4v) is 2.56. The molecule has 0 atom stereocenters. The molecule has 0 saturated carbocycles. The molecule has 26 heavy (non-hydrogen) atoms. The Morgan fingerprint density at radius 1 is 1.19 bits per heavy atom. The average molecular weight is 470 g/mol. The molecule has 5 nitrogen and oxygen atoms in total. The van der Waals surface area contributed by atoms with Crippen LogP contribution >= 0.6 is 24.0 Å². The van der Waals surface area contributed by atoms with E-state index in [-0.39, 0.29) is 29.4 Å². The molecule has 0 radical (unpaired) electrons. The topological polar surface area (TPSA) is 62.5 Å². The van der Waals surface area contributed by atoms with Gasteiger partial charge in [0.25, 0.3) is 0 Å². The van der Waals surface area contributed by atoms with Gasteiger partial charge in [0.15, 0.2) is 5.96 Å². The van der Waals surface area contributed by atoms with Crippen molar-refractivity contribution < 1.29 is 4.42 Å². The van der Waals surface area contributed by atoms with Crippen LogP contribution < -0.4 is 10.6 Å². The summed E-state index contributed by atoms with van der Waals surface area (Å²) in [4.78, 5) is 8.58. The molecule has 2 aromatic rings. The molecule has 0 spiro atoms. The Hall–Kier alpha value is -1.57. The van der Waals surface area contributed by atoms with Crippen LogP contribution in [0, 0.1) is 13.8 Å². The van der Waals surface area contributed by atoms with E-state index in [0.717, 1.165) is 24.7 Å². The molecule has 0 amide bonds. The normalized spacial score (nSPS) is 11.8. The third kappa shape index (κ3) is 6.63. The highest BCUT2D eigenvalue weighted by atomic mass is 127. The van der Waals surface area contributed by atoms with Crippen molar-refractivity contribution in [2.24, 2.45) is 4.99 Å². The van der Waals surface area contributed by atoms with Gasteiger partial charge in [0.2, 0.25) is 5.89 Å². The van der Waals surface area contributed by atoms with E-state index in [0.29, 0.717) is 12.4 Å². The zero-order valence-corrected chi connectivity index (χ0v) is 19.0. The predicted molar refractivity (Wildman–Crippen MR) is 118 cm³/mol. The minimum atomic E-state index is -0.0307. The Labute approximate surface area is 174 Å². The number of aromatic nitrogens is 1. The third-order valence-corrected chi connectivity index (χ3v) is 4.11. The Kier molecular flexibility index (Phi) is 8.59. The van der Waals surface area contributed by atoms with E-state index >= 15 is 0 Å². The van der Waals surface area contributed by atoms with Gasteiger partial charge in [-0.25, -0.2) is 4.98 Å². The summed E-state index contributed by atoms with van der Waals surface area (Å²) in [5.74, 6) is 2.31. The van der Waals surface area contributed by atoms with Crippen LogP contribution in [0.1, 0.15) is 49.1 Å². The van der Waals surface area contributed by atoms with E-state index in [9.17, 15) is 0 Å². The monoisotopic (exact) mass is 470 g/mol. The average Bonchev–Trinajstić information content (AvgIpc) is 3.01. The molecule has 6 heteroatoms. The number of aryl methyl sites for hydroxylation is 2. The minimum Gasteiger partial charge on any atom is -0.443 e. The van der Waals surface area contributed by atoms with E-state index in [1.54, 1.807) is 13.2 Å². The second-order valence-corrected chi connectivity index (χ2v) is 7.40. The molecule has 1 aromatic heterocycles. The summed E-state index contributed by atoms with van der Waals surface area (Å²) in [7, 11) is 1.77. The largest absolute Gasteiger partial charge is 0.443 e. The van der Waals surface area contributed by atoms with E-state index in [1.807, 2.05) is 0 Å². The quantitative estimate of drug-likeness (QED) is 0.392. The van der Waals surface area contributed by atoms with Gasteiger partial charge in [0, 0.05) is 19.0 Å². The lowest BCUT2D eigenvalue weighted by molar-refractivity contribution is 0.379. The van der Waals surface area contributed by atoms with Crippen LogP contribution in [0.2, 0.25) is 0 Å². The van der Waals surface area contributed by atoms with Crippen molar-refractivity contribution in [2.75, 3.05) is 13.6 Å². The lowest BCUT2D eigenvalue weighted by Gasteiger charge is -2.13. The Morgan fingerprint density at radius 2 is 1.92 bits per heavy atom. The predicted octanol–water partition coefficient (Wildman–Crippen LogP) is 4.11. The summed E-state index contributed by atoms with van der Waals surface area (Å²) in [6, 6.07) is 6.58. The zero-order chi connectivity index (χ0) is 18.4. The number of nitrogens with zero attached hydrogens (tertiary/aromatic N) is 2. The van der Waals surface area contributed by atoms with Gasteiger partial charge in [-0.1, -0.05) is 44.5 Å². The Balaban J connectivity index is 0.00000338. The number of halogens is 1. The standard InChI is InChI=1S/C20H30N4O.HI/c1-14-7-8-16(15(2)11-14)9-10-22-19(21-6)24-13-18-23-12-17(25-18)20(3,4)5;/h7-8,11-12H,9-10,13H2,1-6H3,(H2,21,22,24);1H. The highest BCUT2D eigenvalue weighted by molar-refractivity contribution is 14.0. The van der Waals surface area contributed by atoms with Crippen LogP contribution in [0.25, 0.3) is 0 Å². The molecule has 0 fully saturated rings. The fourth-order valence-electron chi connectivity index (χ4n) is 2.56. The van der Waals surface area contributed by atoms with E-state index < -0.39 is 0 Å². The number of hydrogen-bond acceptors (Lipinski definition) is 3. The first-order chi connectivity index (χ1) is 11.8. The maximum absolute atomic E-state index is 5.79. The van der Waals surface area contributed by atoms with Crippen molar-refractivity contribution in [3.63, 3.8) is 0 Å². The molecule has 0 aliphatic carbocycles. The first-order valence-electron chi connectivity index (χ1n) is 8.75. The number of aliphatic imine (C=N–C) groups is 1. The van der Waals surface area contributed by atoms with E-state index in [1.165, 1.54) is 16.7 Å². The summed E-state index contributed by atoms with van der Waals surface area (Å²) < 4.78 is 5.79. The molecular formula is C20H31IN4O. The summed E-state index contributed by atoms with van der Waals surface area (Å²) >= 11 is 0. The van der Waals surface area contributed by atoms with E-state index in [4.69, 9.17) is 4.42 Å². The Bertz CT molecular complexity index is 732. The number of rotatable bonds is 5. The van der Waals surface area contributed by atoms with Gasteiger partial charge in [0.05, 0.1) is 12.7 Å². The van der Waals surface area contributed by atoms with E-state index in [2.05, 4.69) is 73.4 Å². The molecule has 0 unspecified atom stereocenters. The first-order valence-corrected chi connectivity index (χ1v) is 8.75. The number of hydrogen-bond donors (Lipinski definition) is 2. The second-order valence-electron chi connectivity index (χ2n) is 7.40. The lowest BCUT2D eigenvalue weighted by atomic mass is 9.94. The van der Waals surface area contributed by atoms with Crippen LogP contribution in [-0.2, 0) is 18.4 Å². The maximum Gasteiger partial charge on any atom is 0.213 e. The molecule has 0 aliphatic rings. The summed E-state index contributed by atoms with van der Waals surface area (Å²) in [5, 5.41) is 6.58. The molecule has 2 rings (SSSR count). The smallest absolute Gasteiger partial charge is 0.213 e. The van der Waals surface area contributed by atoms with Crippen molar-refractivity contribution >= 4 is 29.9 Å². The second kappa shape index (κ2) is 9.94. The lowest BCUT2D eigenvalue weighted by Crippen LogP contribution is -2.38. The Morgan fingerprint density at radius 3 is 2.50 bits per heavy atom. The molecular weight excluding hydrogens is 439 g/mol. The molecule has 2 N–H and O–H groups in total. The van der Waals surface area contributed by atoms with Crippen molar-refractivity contribution in [2.45, 2.75) is 53.0 Å². The van der Waals surface area contributed by atoms with Crippen LogP contribution in [0.5, 0.6) is 0 Å². The number of nitrogens with one attached hydrogen (secondary N) is 2. The van der Waals surface area contributed by atoms with Crippen LogP contribution in [-0.4, -0.2) is 24.5 Å². The van der Waals surface area contributed by atoms with Gasteiger partial charge in [-0.05, 0) is 31.4 Å². The third-order valence-electron chi connectivity index (χ3n) is 4.11. The number of guanidine groups is 1. The van der Waals surface area contributed by atoms with Crippen LogP contribution in [0.4, 0.5) is 0 Å². The summed E-state index contributed by atoms with van der Waals surface area (Å²) in [6.45, 7) is 11.9. The van der Waals surface area contributed by atoms with Crippen molar-refractivity contribution in [3.8, 4) is 0 Å². The number of benzene rings is 1. The van der Waals surface area contributed by atoms with Crippen molar-refractivity contribution in [1.82, 2.24) is 15.6 Å².